The number of nitro groups is 2. The lowest BCUT2D eigenvalue weighted by atomic mass is 10.0. The van der Waals surface area contributed by atoms with Crippen LogP contribution in [0.5, 0.6) is 0 Å². The maximum Gasteiger partial charge on any atom is 0.418 e. The summed E-state index contributed by atoms with van der Waals surface area (Å²) in [6, 6.07) is 5.58. The predicted molar refractivity (Wildman–Crippen MR) is 83.9 cm³/mol. The first-order chi connectivity index (χ1) is 12.0. The van der Waals surface area contributed by atoms with Crippen molar-refractivity contribution in [1.82, 2.24) is 0 Å². The summed E-state index contributed by atoms with van der Waals surface area (Å²) in [5.41, 5.74) is -3.78. The summed E-state index contributed by atoms with van der Waals surface area (Å²) in [5, 5.41) is 23.9. The third-order valence-electron chi connectivity index (χ3n) is 3.50. The summed E-state index contributed by atoms with van der Waals surface area (Å²) in [4.78, 5) is 32.4. The monoisotopic (exact) mass is 369 g/mol. The number of nitro benzene ring substituents is 2. The van der Waals surface area contributed by atoms with Gasteiger partial charge in [-0.25, -0.2) is 0 Å². The maximum absolute atomic E-state index is 13.0. The van der Waals surface area contributed by atoms with Crippen LogP contribution in [-0.4, -0.2) is 15.8 Å². The minimum absolute atomic E-state index is 0.206. The summed E-state index contributed by atoms with van der Waals surface area (Å²) in [6.45, 7) is 1.17. The summed E-state index contributed by atoms with van der Waals surface area (Å²) in [6.07, 6.45) is -4.74. The summed E-state index contributed by atoms with van der Waals surface area (Å²) >= 11 is 0. The molecule has 2 rings (SSSR count). The number of hydrogen-bond donors (Lipinski definition) is 1. The molecule has 1 amide bonds. The first-order valence-electron chi connectivity index (χ1n) is 6.93. The number of para-hydroxylation sites is 1. The van der Waals surface area contributed by atoms with Gasteiger partial charge in [-0.15, -0.1) is 0 Å². The Morgan fingerprint density at radius 1 is 1.08 bits per heavy atom. The average molecular weight is 369 g/mol. The number of carbonyl (C=O) groups is 1. The lowest BCUT2D eigenvalue weighted by Gasteiger charge is -2.14. The number of rotatable bonds is 4. The fourth-order valence-electron chi connectivity index (χ4n) is 2.24. The largest absolute Gasteiger partial charge is 0.418 e. The Hall–Kier alpha value is -3.50. The number of anilines is 1. The molecule has 0 saturated carbocycles. The first-order valence-corrected chi connectivity index (χ1v) is 6.93. The van der Waals surface area contributed by atoms with Gasteiger partial charge in [0.1, 0.15) is 0 Å². The van der Waals surface area contributed by atoms with Crippen molar-refractivity contribution in [2.24, 2.45) is 0 Å². The van der Waals surface area contributed by atoms with Crippen LogP contribution in [0.1, 0.15) is 21.5 Å². The smallest absolute Gasteiger partial charge is 0.321 e. The van der Waals surface area contributed by atoms with Gasteiger partial charge in [0.05, 0.1) is 32.7 Å². The van der Waals surface area contributed by atoms with E-state index in [1.165, 1.54) is 13.0 Å². The normalized spacial score (nSPS) is 11.1. The van der Waals surface area contributed by atoms with E-state index in [-0.39, 0.29) is 5.56 Å². The zero-order valence-corrected chi connectivity index (χ0v) is 13.0. The number of alkyl halides is 3. The Balaban J connectivity index is 2.52. The quantitative estimate of drug-likeness (QED) is 0.644. The Labute approximate surface area is 143 Å². The molecular formula is C15H10F3N3O5. The zero-order valence-electron chi connectivity index (χ0n) is 13.0. The van der Waals surface area contributed by atoms with Gasteiger partial charge in [-0.1, -0.05) is 12.1 Å². The van der Waals surface area contributed by atoms with E-state index in [1.54, 1.807) is 0 Å². The van der Waals surface area contributed by atoms with Crippen LogP contribution in [0.15, 0.2) is 36.4 Å². The molecule has 11 heteroatoms. The molecule has 0 spiro atoms. The van der Waals surface area contributed by atoms with Gasteiger partial charge in [0, 0.05) is 11.6 Å². The van der Waals surface area contributed by atoms with E-state index in [9.17, 15) is 38.2 Å². The molecule has 0 aromatic heterocycles. The molecule has 8 nitrogen and oxygen atoms in total. The van der Waals surface area contributed by atoms with Gasteiger partial charge in [-0.3, -0.25) is 25.0 Å². The van der Waals surface area contributed by atoms with Crippen LogP contribution in [0.25, 0.3) is 0 Å². The molecule has 2 aromatic rings. The Morgan fingerprint density at radius 3 is 2.23 bits per heavy atom. The van der Waals surface area contributed by atoms with Crippen molar-refractivity contribution in [2.75, 3.05) is 5.32 Å². The van der Waals surface area contributed by atoms with Gasteiger partial charge in [0.2, 0.25) is 0 Å². The van der Waals surface area contributed by atoms with E-state index >= 15 is 0 Å². The molecule has 0 aliphatic heterocycles. The van der Waals surface area contributed by atoms with E-state index in [1.807, 2.05) is 5.32 Å². The molecule has 2 aromatic carbocycles. The molecule has 0 saturated heterocycles. The van der Waals surface area contributed by atoms with Crippen LogP contribution in [0.3, 0.4) is 0 Å². The van der Waals surface area contributed by atoms with Crippen LogP contribution in [-0.2, 0) is 6.18 Å². The van der Waals surface area contributed by atoms with Gasteiger partial charge in [0.15, 0.2) is 0 Å². The minimum Gasteiger partial charge on any atom is -0.321 e. The number of nitrogens with one attached hydrogen (secondary N) is 1. The highest BCUT2D eigenvalue weighted by atomic mass is 19.4. The van der Waals surface area contributed by atoms with Gasteiger partial charge >= 0.3 is 6.18 Å². The molecule has 0 aliphatic rings. The van der Waals surface area contributed by atoms with Gasteiger partial charge in [-0.2, -0.15) is 13.2 Å². The van der Waals surface area contributed by atoms with Crippen molar-refractivity contribution in [3.05, 3.63) is 73.3 Å². The number of nitrogens with zero attached hydrogens (tertiary/aromatic N) is 2. The maximum atomic E-state index is 13.0. The molecule has 0 bridgehead atoms. The van der Waals surface area contributed by atoms with Crippen molar-refractivity contribution in [3.63, 3.8) is 0 Å². The average Bonchev–Trinajstić information content (AvgIpc) is 2.53. The molecule has 0 atom stereocenters. The number of hydrogen-bond acceptors (Lipinski definition) is 5. The number of benzene rings is 2. The Kier molecular flexibility index (Phi) is 4.91. The van der Waals surface area contributed by atoms with Crippen molar-refractivity contribution < 1.29 is 27.8 Å². The van der Waals surface area contributed by atoms with Crippen molar-refractivity contribution >= 4 is 23.0 Å². The number of non-ortho nitro benzene ring substituents is 1. The fourth-order valence-corrected chi connectivity index (χ4v) is 2.24. The number of amides is 1. The molecule has 0 radical (unpaired) electrons. The fraction of sp³-hybridized carbons (Fsp3) is 0.133. The Bertz CT molecular complexity index is 912. The van der Waals surface area contributed by atoms with Gasteiger partial charge < -0.3 is 5.32 Å². The standard InChI is InChI=1S/C15H10F3N3O5/c1-8-10(6-9(20(23)24)7-13(8)21(25)26)14(22)19-12-5-3-2-4-11(12)15(16,17)18/h2-7H,1H3,(H,19,22). The molecule has 0 unspecified atom stereocenters. The second kappa shape index (κ2) is 6.78. The van der Waals surface area contributed by atoms with E-state index in [0.717, 1.165) is 24.3 Å². The van der Waals surface area contributed by atoms with E-state index in [2.05, 4.69) is 0 Å². The number of carbonyl (C=O) groups excluding carboxylic acids is 1. The molecule has 0 aliphatic carbocycles. The first kappa shape index (κ1) is 18.8. The van der Waals surface area contributed by atoms with Gasteiger partial charge in [-0.05, 0) is 19.1 Å². The van der Waals surface area contributed by atoms with Crippen LogP contribution < -0.4 is 5.32 Å². The Morgan fingerprint density at radius 2 is 1.69 bits per heavy atom. The SMILES string of the molecule is Cc1c(C(=O)Nc2ccccc2C(F)(F)F)cc([N+](=O)[O-])cc1[N+](=O)[O-]. The third kappa shape index (κ3) is 3.77. The van der Waals surface area contributed by atoms with E-state index < -0.39 is 50.1 Å². The topological polar surface area (TPSA) is 115 Å². The molecule has 26 heavy (non-hydrogen) atoms. The van der Waals surface area contributed by atoms with Crippen molar-refractivity contribution in [3.8, 4) is 0 Å². The second-order valence-electron chi connectivity index (χ2n) is 5.15. The summed E-state index contributed by atoms with van der Waals surface area (Å²) in [5.74, 6) is -1.13. The van der Waals surface area contributed by atoms with Crippen molar-refractivity contribution in [2.45, 2.75) is 13.1 Å². The highest BCUT2D eigenvalue weighted by Gasteiger charge is 2.34. The molecule has 0 heterocycles. The third-order valence-corrected chi connectivity index (χ3v) is 3.50. The minimum atomic E-state index is -4.74. The highest BCUT2D eigenvalue weighted by Crippen LogP contribution is 2.35. The number of halogens is 3. The van der Waals surface area contributed by atoms with E-state index in [0.29, 0.717) is 6.07 Å². The van der Waals surface area contributed by atoms with Crippen molar-refractivity contribution in [1.29, 1.82) is 0 Å². The molecule has 136 valence electrons. The van der Waals surface area contributed by atoms with Crippen LogP contribution in [0.4, 0.5) is 30.2 Å². The molecule has 0 fully saturated rings. The predicted octanol–water partition coefficient (Wildman–Crippen LogP) is 4.08. The lowest BCUT2D eigenvalue weighted by molar-refractivity contribution is -0.394. The van der Waals surface area contributed by atoms with Crippen LogP contribution >= 0.6 is 0 Å². The molecular weight excluding hydrogens is 359 g/mol. The molecule has 1 N–H and O–H groups in total. The van der Waals surface area contributed by atoms with Crippen LogP contribution in [0, 0.1) is 27.2 Å². The van der Waals surface area contributed by atoms with Crippen LogP contribution in [0.2, 0.25) is 0 Å². The zero-order chi connectivity index (χ0) is 19.6. The highest BCUT2D eigenvalue weighted by molar-refractivity contribution is 6.06. The lowest BCUT2D eigenvalue weighted by Crippen LogP contribution is -2.18. The van der Waals surface area contributed by atoms with Gasteiger partial charge in [0.25, 0.3) is 17.3 Å². The second-order valence-corrected chi connectivity index (χ2v) is 5.15. The van der Waals surface area contributed by atoms with E-state index in [4.69, 9.17) is 0 Å². The summed E-state index contributed by atoms with van der Waals surface area (Å²) in [7, 11) is 0. The summed E-state index contributed by atoms with van der Waals surface area (Å²) < 4.78 is 39.0.